The predicted molar refractivity (Wildman–Crippen MR) is 192 cm³/mol. The molecule has 3 heterocycles. The van der Waals surface area contributed by atoms with Crippen LogP contribution >= 0.6 is 11.6 Å². The van der Waals surface area contributed by atoms with E-state index in [0.717, 1.165) is 5.57 Å². The zero-order chi connectivity index (χ0) is 38.9. The van der Waals surface area contributed by atoms with Crippen molar-refractivity contribution in [1.29, 1.82) is 0 Å². The molecule has 3 aliphatic heterocycles. The number of fused-ring (bicyclic) bond motifs is 5. The predicted octanol–water partition coefficient (Wildman–Crippen LogP) is 4.24. The van der Waals surface area contributed by atoms with Crippen LogP contribution in [0.2, 0.25) is 5.02 Å². The zero-order valence-corrected chi connectivity index (χ0v) is 32.1. The molecule has 2 fully saturated rings. The van der Waals surface area contributed by atoms with Crippen LogP contribution in [0.25, 0.3) is 0 Å². The number of benzene rings is 1. The third-order valence-corrected chi connectivity index (χ3v) is 10.6. The summed E-state index contributed by atoms with van der Waals surface area (Å²) >= 11 is 6.78. The molecule has 9 atom stereocenters. The van der Waals surface area contributed by atoms with E-state index in [0.29, 0.717) is 17.0 Å². The first-order valence-corrected chi connectivity index (χ1v) is 17.3. The first-order valence-electron chi connectivity index (χ1n) is 16.9. The molecule has 4 bridgehead atoms. The lowest BCUT2D eigenvalue weighted by Gasteiger charge is -2.42. The Bertz CT molecular complexity index is 1650. The fourth-order valence-corrected chi connectivity index (χ4v) is 7.09. The smallest absolute Gasteiger partial charge is 0.409 e. The molecule has 3 amide bonds. The number of likely N-dealkylation sites (N-methyl/N-ethyl adjacent to an activating group) is 1. The number of halogens is 1. The van der Waals surface area contributed by atoms with Crippen molar-refractivity contribution in [3.8, 4) is 5.75 Å². The SMILES string of the molecule is C=C(C)C(=O)N(C)[C@@H](C)C(=O)O[C@H]1CC(=O)N(C)c2cc(cc(OC)c2Cl)[C@H](OC)C(C)=CC=C[C@@H](OC)[C@]2(O)C[C@@H](OC(=O)N2)[C@@H](C)[C@H]2O[C@]12C. The average molecular weight is 748 g/mol. The van der Waals surface area contributed by atoms with Gasteiger partial charge in [-0.3, -0.25) is 14.9 Å². The highest BCUT2D eigenvalue weighted by Gasteiger charge is 2.64. The van der Waals surface area contributed by atoms with E-state index >= 15 is 0 Å². The maximum atomic E-state index is 14.2. The maximum absolute atomic E-state index is 14.2. The second kappa shape index (κ2) is 16.0. The van der Waals surface area contributed by atoms with Gasteiger partial charge in [0.25, 0.3) is 0 Å². The van der Waals surface area contributed by atoms with Crippen molar-refractivity contribution < 1.29 is 52.7 Å². The summed E-state index contributed by atoms with van der Waals surface area (Å²) in [6.45, 7) is 12.0. The van der Waals surface area contributed by atoms with Crippen LogP contribution in [0, 0.1) is 5.92 Å². The van der Waals surface area contributed by atoms with E-state index in [1.165, 1.54) is 52.0 Å². The Kier molecular flexibility index (Phi) is 12.5. The molecule has 4 rings (SSSR count). The average Bonchev–Trinajstić information content (AvgIpc) is 3.79. The molecule has 0 aliphatic carbocycles. The van der Waals surface area contributed by atoms with E-state index in [9.17, 15) is 24.3 Å². The highest BCUT2D eigenvalue weighted by atomic mass is 35.5. The van der Waals surface area contributed by atoms with Crippen LogP contribution in [0.3, 0.4) is 0 Å². The van der Waals surface area contributed by atoms with E-state index in [-0.39, 0.29) is 23.4 Å². The topological polar surface area (TPSA) is 166 Å². The maximum Gasteiger partial charge on any atom is 0.409 e. The van der Waals surface area contributed by atoms with E-state index in [1.807, 2.05) is 6.92 Å². The number of nitrogens with zero attached hydrogens (tertiary/aromatic N) is 2. The van der Waals surface area contributed by atoms with E-state index in [4.69, 9.17) is 40.0 Å². The van der Waals surface area contributed by atoms with Crippen LogP contribution in [0.5, 0.6) is 5.75 Å². The van der Waals surface area contributed by atoms with Gasteiger partial charge in [-0.05, 0) is 51.0 Å². The Hall–Kier alpha value is -3.95. The fourth-order valence-electron chi connectivity index (χ4n) is 6.77. The molecular weight excluding hydrogens is 698 g/mol. The molecule has 2 saturated heterocycles. The Balaban J connectivity index is 1.84. The minimum Gasteiger partial charge on any atom is -0.495 e. The minimum absolute atomic E-state index is 0.0802. The molecule has 1 aromatic rings. The van der Waals surface area contributed by atoms with E-state index in [2.05, 4.69) is 11.9 Å². The third-order valence-electron chi connectivity index (χ3n) is 10.2. The van der Waals surface area contributed by atoms with Crippen LogP contribution in [0.15, 0.2) is 48.1 Å². The van der Waals surface area contributed by atoms with Gasteiger partial charge in [-0.1, -0.05) is 43.3 Å². The largest absolute Gasteiger partial charge is 0.495 e. The van der Waals surface area contributed by atoms with Gasteiger partial charge in [0.2, 0.25) is 11.8 Å². The Labute approximate surface area is 309 Å². The number of hydrogen-bond donors (Lipinski definition) is 2. The number of rotatable bonds is 7. The van der Waals surface area contributed by atoms with Crippen molar-refractivity contribution in [3.05, 3.63) is 58.7 Å². The highest BCUT2D eigenvalue weighted by molar-refractivity contribution is 6.35. The summed E-state index contributed by atoms with van der Waals surface area (Å²) < 4.78 is 35.0. The molecule has 0 saturated carbocycles. The lowest BCUT2D eigenvalue weighted by molar-refractivity contribution is -0.161. The van der Waals surface area contributed by atoms with Gasteiger partial charge in [0.05, 0.1) is 25.3 Å². The number of allylic oxidation sites excluding steroid dienone is 2. The summed E-state index contributed by atoms with van der Waals surface area (Å²) in [5, 5.41) is 14.4. The molecule has 14 nitrogen and oxygen atoms in total. The summed E-state index contributed by atoms with van der Waals surface area (Å²) in [6.07, 6.45) is -0.549. The lowest BCUT2D eigenvalue weighted by atomic mass is 9.83. The standard InChI is InChI=1S/C37H50ClN3O11/c1-19(2)33(43)40(7)22(5)34(44)51-28-17-29(42)41(8)24-15-23(16-25(47-9)30(24)38)31(49-11)20(3)13-12-14-27(48-10)37(46)18-26(50-35(45)39-37)21(4)32-36(28,6)52-32/h12-16,21-22,26-28,31-32,46H,1,17-18H2,2-11H3,(H,39,45)/t21-,22+,26-,27-,28+,31-,32-,36-,37-/m1/s1. The van der Waals surface area contributed by atoms with Crippen molar-refractivity contribution in [2.24, 2.45) is 5.92 Å². The first kappa shape index (κ1) is 40.8. The normalized spacial score (nSPS) is 31.3. The number of carbonyl (C=O) groups is 4. The molecule has 286 valence electrons. The van der Waals surface area contributed by atoms with Crippen molar-refractivity contribution in [2.75, 3.05) is 40.3 Å². The van der Waals surface area contributed by atoms with Crippen LogP contribution in [0.1, 0.15) is 59.1 Å². The number of hydrogen-bond acceptors (Lipinski definition) is 11. The molecule has 52 heavy (non-hydrogen) atoms. The lowest BCUT2D eigenvalue weighted by Crippen LogP contribution is -2.63. The summed E-state index contributed by atoms with van der Waals surface area (Å²) in [7, 11) is 7.40. The van der Waals surface area contributed by atoms with Crippen molar-refractivity contribution >= 4 is 41.2 Å². The van der Waals surface area contributed by atoms with Gasteiger partial charge >= 0.3 is 12.1 Å². The summed E-state index contributed by atoms with van der Waals surface area (Å²) in [4.78, 5) is 55.8. The van der Waals surface area contributed by atoms with E-state index < -0.39 is 77.7 Å². The number of nitrogens with one attached hydrogen (secondary N) is 1. The monoisotopic (exact) mass is 747 g/mol. The van der Waals surface area contributed by atoms with Gasteiger partial charge in [0.1, 0.15) is 46.8 Å². The van der Waals surface area contributed by atoms with Gasteiger partial charge < -0.3 is 43.3 Å². The van der Waals surface area contributed by atoms with Gasteiger partial charge in [0.15, 0.2) is 5.72 Å². The van der Waals surface area contributed by atoms with Crippen LogP contribution in [-0.4, -0.2) is 111 Å². The quantitative estimate of drug-likeness (QED) is 0.233. The van der Waals surface area contributed by atoms with Crippen LogP contribution in [0.4, 0.5) is 10.5 Å². The summed E-state index contributed by atoms with van der Waals surface area (Å²) in [6, 6.07) is 2.38. The summed E-state index contributed by atoms with van der Waals surface area (Å²) in [5.41, 5.74) is -1.20. The number of anilines is 1. The minimum atomic E-state index is -1.87. The second-order valence-electron chi connectivity index (χ2n) is 13.9. The Morgan fingerprint density at radius 1 is 1.21 bits per heavy atom. The van der Waals surface area contributed by atoms with Crippen LogP contribution in [-0.2, 0) is 38.1 Å². The number of ether oxygens (including phenoxy) is 6. The van der Waals surface area contributed by atoms with Gasteiger partial charge in [0, 0.05) is 46.2 Å². The van der Waals surface area contributed by atoms with Gasteiger partial charge in [-0.15, -0.1) is 0 Å². The summed E-state index contributed by atoms with van der Waals surface area (Å²) in [5.74, 6) is -1.96. The molecule has 2 N–H and O–H groups in total. The number of methoxy groups -OCH3 is 3. The second-order valence-corrected chi connectivity index (χ2v) is 14.2. The highest BCUT2D eigenvalue weighted by Crippen LogP contribution is 2.49. The van der Waals surface area contributed by atoms with Crippen molar-refractivity contribution in [2.45, 2.75) is 95.3 Å². The number of epoxide rings is 1. The number of aliphatic hydroxyl groups is 1. The molecule has 15 heteroatoms. The van der Waals surface area contributed by atoms with Crippen molar-refractivity contribution in [1.82, 2.24) is 10.2 Å². The number of amides is 3. The Morgan fingerprint density at radius 2 is 1.88 bits per heavy atom. The molecule has 1 aromatic carbocycles. The van der Waals surface area contributed by atoms with Crippen LogP contribution < -0.4 is 15.0 Å². The van der Waals surface area contributed by atoms with E-state index in [1.54, 1.807) is 51.3 Å². The molecule has 0 spiro atoms. The molecule has 0 unspecified atom stereocenters. The van der Waals surface area contributed by atoms with Gasteiger partial charge in [-0.2, -0.15) is 0 Å². The molecular formula is C37H50ClN3O11. The fraction of sp³-hybridized carbons (Fsp3) is 0.568. The first-order chi connectivity index (χ1) is 24.3. The number of alkyl carbamates (subject to hydrolysis) is 1. The number of esters is 1. The molecule has 0 radical (unpaired) electrons. The van der Waals surface area contributed by atoms with Crippen molar-refractivity contribution in [3.63, 3.8) is 0 Å². The van der Waals surface area contributed by atoms with Gasteiger partial charge in [-0.25, -0.2) is 9.59 Å². The number of carbonyl (C=O) groups excluding carboxylic acids is 4. The zero-order valence-electron chi connectivity index (χ0n) is 31.4. The third kappa shape index (κ3) is 8.16. The molecule has 0 aromatic heterocycles. The Morgan fingerprint density at radius 3 is 2.48 bits per heavy atom. The molecule has 3 aliphatic rings.